The summed E-state index contributed by atoms with van der Waals surface area (Å²) in [6.07, 6.45) is 2.33. The monoisotopic (exact) mass is 438 g/mol. The van der Waals surface area contributed by atoms with Gasteiger partial charge in [-0.25, -0.2) is 0 Å². The fraction of sp³-hybridized carbons (Fsp3) is 0.765. The van der Waals surface area contributed by atoms with E-state index in [0.29, 0.717) is 18.8 Å². The summed E-state index contributed by atoms with van der Waals surface area (Å²) >= 11 is -0.334. The van der Waals surface area contributed by atoms with Gasteiger partial charge in [0.2, 0.25) is 0 Å². The van der Waals surface area contributed by atoms with Crippen LogP contribution in [0.15, 0.2) is 12.7 Å². The summed E-state index contributed by atoms with van der Waals surface area (Å²) in [6.45, 7) is 13.5. The van der Waals surface area contributed by atoms with E-state index >= 15 is 0 Å². The second-order valence-corrected chi connectivity index (χ2v) is 10.3. The molecule has 3 atom stereocenters. The zero-order chi connectivity index (χ0) is 17.6. The molecule has 0 aromatic heterocycles. The molecule has 0 saturated carbocycles. The van der Waals surface area contributed by atoms with E-state index < -0.39 is 11.7 Å². The van der Waals surface area contributed by atoms with Crippen molar-refractivity contribution in [2.75, 3.05) is 4.43 Å². The fourth-order valence-corrected chi connectivity index (χ4v) is 5.22. The third-order valence-corrected chi connectivity index (χ3v) is 7.45. The van der Waals surface area contributed by atoms with E-state index in [9.17, 15) is 9.59 Å². The summed E-state index contributed by atoms with van der Waals surface area (Å²) in [5.41, 5.74) is -0.539. The number of carbonyl (C=O) groups is 2. The van der Waals surface area contributed by atoms with Gasteiger partial charge in [0, 0.05) is 0 Å². The molecule has 0 aliphatic carbocycles. The molecule has 1 rings (SSSR count). The first-order valence-electron chi connectivity index (χ1n) is 8.01. The summed E-state index contributed by atoms with van der Waals surface area (Å²) in [4.78, 5) is 24.0. The van der Waals surface area contributed by atoms with Crippen LogP contribution in [0.25, 0.3) is 0 Å². The molecule has 1 fully saturated rings. The Hall–Kier alpha value is -0.790. The van der Waals surface area contributed by atoms with Gasteiger partial charge < -0.3 is 0 Å². The van der Waals surface area contributed by atoms with Crippen LogP contribution in [-0.2, 0) is 14.3 Å². The van der Waals surface area contributed by atoms with E-state index in [0.717, 1.165) is 4.43 Å². The van der Waals surface area contributed by atoms with Crippen LogP contribution in [0.4, 0.5) is 4.79 Å². The fourth-order valence-electron chi connectivity index (χ4n) is 2.17. The molecule has 1 aliphatic heterocycles. The normalized spacial score (nSPS) is 22.8. The first-order valence-corrected chi connectivity index (χ1v) is 10.8. The van der Waals surface area contributed by atoms with Crippen LogP contribution < -0.4 is 26.5 Å². The molecular weight excluding hydrogens is 409 g/mol. The first kappa shape index (κ1) is 20.3. The predicted molar refractivity (Wildman–Crippen MR) is 85.7 cm³/mol. The molecule has 134 valence electrons. The number of allylic oxidation sites excluding steroid dienone is 1. The number of alkyl carbamates (subject to hydrolysis) is 1. The molecule has 0 radical (unpaired) electrons. The van der Waals surface area contributed by atoms with Gasteiger partial charge in [0.05, 0.1) is 0 Å². The second kappa shape index (κ2) is 8.89. The van der Waals surface area contributed by atoms with Crippen LogP contribution in [0.5, 0.6) is 0 Å². The topological polar surface area (TPSA) is 64.6 Å². The summed E-state index contributed by atoms with van der Waals surface area (Å²) in [5.74, 6) is 0.245. The molecule has 0 aromatic rings. The second-order valence-electron chi connectivity index (χ2n) is 7.18. The molecule has 23 heavy (non-hydrogen) atoms. The Morgan fingerprint density at radius 1 is 1.52 bits per heavy atom. The molecule has 0 bridgehead atoms. The summed E-state index contributed by atoms with van der Waals surface area (Å²) < 4.78 is 11.8. The average Bonchev–Trinajstić information content (AvgIpc) is 2.74. The average molecular weight is 438 g/mol. The Bertz CT molecular complexity index is 431. The third-order valence-electron chi connectivity index (χ3n) is 3.11. The maximum atomic E-state index is 12.1. The van der Waals surface area contributed by atoms with E-state index in [1.165, 1.54) is 0 Å². The molecule has 1 aliphatic rings. The number of rotatable bonds is 7. The van der Waals surface area contributed by atoms with Crippen LogP contribution >= 0.6 is 0 Å². The molecule has 1 N–H and O–H groups in total. The van der Waals surface area contributed by atoms with E-state index in [1.54, 1.807) is 6.08 Å². The Labute approximate surface area is 149 Å². The van der Waals surface area contributed by atoms with Gasteiger partial charge in [0.15, 0.2) is 0 Å². The number of ether oxygens (including phenoxy) is 2. The van der Waals surface area contributed by atoms with E-state index in [-0.39, 0.29) is 43.2 Å². The molecule has 2 unspecified atom stereocenters. The van der Waals surface area contributed by atoms with Crippen LogP contribution in [-0.4, -0.2) is 32.2 Å². The van der Waals surface area contributed by atoms with Crippen molar-refractivity contribution in [2.45, 2.75) is 63.2 Å². The number of halogens is 1. The molecule has 5 nitrogen and oxygen atoms in total. The van der Waals surface area contributed by atoms with Gasteiger partial charge in [-0.15, -0.1) is 0 Å². The van der Waals surface area contributed by atoms with Crippen LogP contribution in [0, 0.1) is 11.8 Å². The number of alkyl halides is 2. The van der Waals surface area contributed by atoms with Gasteiger partial charge in [0.25, 0.3) is 0 Å². The van der Waals surface area contributed by atoms with Gasteiger partial charge in [-0.2, -0.15) is 0 Å². The van der Waals surface area contributed by atoms with Crippen LogP contribution in [0.3, 0.4) is 0 Å². The van der Waals surface area contributed by atoms with Crippen molar-refractivity contribution in [3.05, 3.63) is 12.7 Å². The van der Waals surface area contributed by atoms with Crippen molar-refractivity contribution in [3.63, 3.8) is 0 Å². The van der Waals surface area contributed by atoms with Gasteiger partial charge in [-0.3, -0.25) is 0 Å². The van der Waals surface area contributed by atoms with Crippen molar-refractivity contribution in [1.29, 1.82) is 0 Å². The SMILES string of the molecule is C=CCC1C[C@@H](C(NC(=O)OC(C)(C)C)[I-]CC(C)C)OC1=O. The molecule has 1 heterocycles. The number of nitrogens with one attached hydrogen (secondary N) is 1. The van der Waals surface area contributed by atoms with E-state index in [4.69, 9.17) is 9.47 Å². The number of hydrogen-bond donors (Lipinski definition) is 1. The molecule has 0 aromatic carbocycles. The number of cyclic esters (lactones) is 1. The molecule has 1 amide bonds. The summed E-state index contributed by atoms with van der Waals surface area (Å²) in [7, 11) is 0. The quantitative estimate of drug-likeness (QED) is 0.201. The van der Waals surface area contributed by atoms with Gasteiger partial charge in [0.1, 0.15) is 0 Å². The molecule has 1 saturated heterocycles. The third kappa shape index (κ3) is 7.54. The standard InChI is InChI=1S/C17H29INO4/c1-7-8-12-9-13(22-15(12)20)14(18-10-11(2)3)19-16(21)23-17(4,5)6/h7,11-14H,1,8-10H2,2-6H3,(H,19,21)/q-1/t12?,13-,14?/m0/s1. The van der Waals surface area contributed by atoms with E-state index in [1.807, 2.05) is 20.8 Å². The number of esters is 1. The van der Waals surface area contributed by atoms with Crippen LogP contribution in [0.1, 0.15) is 47.5 Å². The van der Waals surface area contributed by atoms with Crippen molar-refractivity contribution in [2.24, 2.45) is 11.8 Å². The molecular formula is C17H29INO4-. The Morgan fingerprint density at radius 2 is 2.17 bits per heavy atom. The van der Waals surface area contributed by atoms with Crippen molar-refractivity contribution >= 4 is 12.1 Å². The minimum atomic E-state index is -0.539. The predicted octanol–water partition coefficient (Wildman–Crippen LogP) is 0.0900. The van der Waals surface area contributed by atoms with Gasteiger partial charge in [-0.1, -0.05) is 0 Å². The minimum absolute atomic E-state index is 0.107. The molecule has 0 spiro atoms. The van der Waals surface area contributed by atoms with Crippen molar-refractivity contribution in [3.8, 4) is 0 Å². The van der Waals surface area contributed by atoms with Crippen molar-refractivity contribution in [1.82, 2.24) is 5.32 Å². The Morgan fingerprint density at radius 3 is 2.70 bits per heavy atom. The van der Waals surface area contributed by atoms with Gasteiger partial charge in [-0.05, 0) is 0 Å². The number of carbonyl (C=O) groups excluding carboxylic acids is 2. The number of amides is 1. The molecule has 6 heteroatoms. The van der Waals surface area contributed by atoms with Crippen LogP contribution in [0.2, 0.25) is 0 Å². The Kier molecular flexibility index (Phi) is 7.83. The zero-order valence-corrected chi connectivity index (χ0v) is 16.9. The van der Waals surface area contributed by atoms with Crippen molar-refractivity contribution < 1.29 is 40.3 Å². The van der Waals surface area contributed by atoms with E-state index in [2.05, 4.69) is 25.7 Å². The number of hydrogen-bond acceptors (Lipinski definition) is 4. The maximum absolute atomic E-state index is 12.1. The van der Waals surface area contributed by atoms with Gasteiger partial charge >= 0.3 is 150 Å². The zero-order valence-electron chi connectivity index (χ0n) is 14.7. The Balaban J connectivity index is 2.70. The summed E-state index contributed by atoms with van der Waals surface area (Å²) in [6, 6.07) is 0. The first-order chi connectivity index (χ1) is 10.6. The summed E-state index contributed by atoms with van der Waals surface area (Å²) in [5, 5.41) is 2.94.